The molecule has 86 valence electrons. The van der Waals surface area contributed by atoms with Crippen molar-refractivity contribution in [1.29, 1.82) is 0 Å². The predicted octanol–water partition coefficient (Wildman–Crippen LogP) is 2.79. The van der Waals surface area contributed by atoms with E-state index in [-0.39, 0.29) is 0 Å². The lowest BCUT2D eigenvalue weighted by molar-refractivity contribution is 0.100. The molecule has 1 aliphatic rings. The Morgan fingerprint density at radius 2 is 2.06 bits per heavy atom. The van der Waals surface area contributed by atoms with E-state index in [1.807, 2.05) is 0 Å². The van der Waals surface area contributed by atoms with Crippen molar-refractivity contribution in [2.45, 2.75) is 31.7 Å². The average molecular weight is 239 g/mol. The van der Waals surface area contributed by atoms with Crippen LogP contribution < -0.4 is 11.1 Å². The van der Waals surface area contributed by atoms with E-state index in [0.29, 0.717) is 16.6 Å². The predicted molar refractivity (Wildman–Crippen MR) is 65.8 cm³/mol. The van der Waals surface area contributed by atoms with Gasteiger partial charge >= 0.3 is 0 Å². The van der Waals surface area contributed by atoms with E-state index in [1.165, 1.54) is 12.8 Å². The van der Waals surface area contributed by atoms with Gasteiger partial charge in [0, 0.05) is 11.6 Å². The summed E-state index contributed by atoms with van der Waals surface area (Å²) in [5, 5.41) is 4.00. The van der Waals surface area contributed by atoms with Gasteiger partial charge in [0.25, 0.3) is 0 Å². The molecule has 1 fully saturated rings. The number of hydrogen-bond donors (Lipinski definition) is 2. The van der Waals surface area contributed by atoms with Crippen LogP contribution in [-0.2, 0) is 0 Å². The molecule has 0 atom stereocenters. The van der Waals surface area contributed by atoms with E-state index >= 15 is 0 Å². The fourth-order valence-electron chi connectivity index (χ4n) is 2.08. The quantitative estimate of drug-likeness (QED) is 0.851. The molecule has 4 heteroatoms. The number of amides is 1. The maximum atomic E-state index is 11.1. The molecule has 0 aliphatic heterocycles. The van der Waals surface area contributed by atoms with E-state index in [4.69, 9.17) is 17.3 Å². The highest BCUT2D eigenvalue weighted by atomic mass is 35.5. The van der Waals surface area contributed by atoms with Crippen molar-refractivity contribution in [2.75, 3.05) is 5.32 Å². The molecule has 0 spiro atoms. The van der Waals surface area contributed by atoms with Crippen LogP contribution in [0.2, 0.25) is 5.02 Å². The van der Waals surface area contributed by atoms with Crippen LogP contribution in [0.25, 0.3) is 0 Å². The third kappa shape index (κ3) is 2.47. The van der Waals surface area contributed by atoms with E-state index < -0.39 is 5.91 Å². The molecule has 0 radical (unpaired) electrons. The molecule has 1 aliphatic carbocycles. The minimum atomic E-state index is -0.425. The standard InChI is InChI=1S/C12H15ClN2O/c13-10-6-5-8(12(14)16)7-11(10)15-9-3-1-2-4-9/h5-7,9,15H,1-4H2,(H2,14,16). The number of hydrogen-bond acceptors (Lipinski definition) is 2. The third-order valence-electron chi connectivity index (χ3n) is 2.97. The van der Waals surface area contributed by atoms with Crippen molar-refractivity contribution >= 4 is 23.2 Å². The number of halogens is 1. The second-order valence-corrected chi connectivity index (χ2v) is 4.59. The lowest BCUT2D eigenvalue weighted by atomic mass is 10.1. The van der Waals surface area contributed by atoms with Crippen LogP contribution in [0.15, 0.2) is 18.2 Å². The largest absolute Gasteiger partial charge is 0.381 e. The highest BCUT2D eigenvalue weighted by molar-refractivity contribution is 6.33. The van der Waals surface area contributed by atoms with Gasteiger partial charge in [0.2, 0.25) is 5.91 Å². The molecule has 0 bridgehead atoms. The molecule has 0 saturated heterocycles. The average Bonchev–Trinajstić information content (AvgIpc) is 2.73. The number of carbonyl (C=O) groups excluding carboxylic acids is 1. The molecule has 3 N–H and O–H groups in total. The summed E-state index contributed by atoms with van der Waals surface area (Å²) in [6.45, 7) is 0. The zero-order valence-electron chi connectivity index (χ0n) is 9.00. The summed E-state index contributed by atoms with van der Waals surface area (Å²) in [7, 11) is 0. The Balaban J connectivity index is 2.17. The summed E-state index contributed by atoms with van der Waals surface area (Å²) in [5.41, 5.74) is 6.53. The second kappa shape index (κ2) is 4.74. The van der Waals surface area contributed by atoms with Crippen LogP contribution in [-0.4, -0.2) is 11.9 Å². The number of anilines is 1. The van der Waals surface area contributed by atoms with Crippen LogP contribution in [0.3, 0.4) is 0 Å². The van der Waals surface area contributed by atoms with Gasteiger partial charge in [-0.05, 0) is 31.0 Å². The molecular weight excluding hydrogens is 224 g/mol. The first kappa shape index (κ1) is 11.3. The van der Waals surface area contributed by atoms with Gasteiger partial charge in [-0.3, -0.25) is 4.79 Å². The van der Waals surface area contributed by atoms with Crippen LogP contribution >= 0.6 is 11.6 Å². The maximum Gasteiger partial charge on any atom is 0.248 e. The lowest BCUT2D eigenvalue weighted by Gasteiger charge is -2.15. The molecule has 1 aromatic carbocycles. The summed E-state index contributed by atoms with van der Waals surface area (Å²) in [4.78, 5) is 11.1. The Morgan fingerprint density at radius 1 is 1.38 bits per heavy atom. The minimum Gasteiger partial charge on any atom is -0.381 e. The highest BCUT2D eigenvalue weighted by Gasteiger charge is 2.16. The Morgan fingerprint density at radius 3 is 2.69 bits per heavy atom. The Hall–Kier alpha value is -1.22. The van der Waals surface area contributed by atoms with Crippen LogP contribution in [0, 0.1) is 0 Å². The molecule has 0 heterocycles. The van der Waals surface area contributed by atoms with Gasteiger partial charge in [-0.2, -0.15) is 0 Å². The number of carbonyl (C=O) groups is 1. The van der Waals surface area contributed by atoms with Crippen LogP contribution in [0.1, 0.15) is 36.0 Å². The fourth-order valence-corrected chi connectivity index (χ4v) is 2.25. The number of rotatable bonds is 3. The summed E-state index contributed by atoms with van der Waals surface area (Å²) < 4.78 is 0. The molecular formula is C12H15ClN2O. The van der Waals surface area contributed by atoms with Crippen molar-refractivity contribution in [3.63, 3.8) is 0 Å². The van der Waals surface area contributed by atoms with Gasteiger partial charge in [-0.1, -0.05) is 24.4 Å². The van der Waals surface area contributed by atoms with Crippen molar-refractivity contribution in [1.82, 2.24) is 0 Å². The smallest absolute Gasteiger partial charge is 0.248 e. The van der Waals surface area contributed by atoms with E-state index in [2.05, 4.69) is 5.32 Å². The molecule has 16 heavy (non-hydrogen) atoms. The first-order chi connectivity index (χ1) is 7.66. The monoisotopic (exact) mass is 238 g/mol. The number of nitrogens with two attached hydrogens (primary N) is 1. The van der Waals surface area contributed by atoms with Gasteiger partial charge in [-0.25, -0.2) is 0 Å². The molecule has 1 aromatic rings. The molecule has 1 amide bonds. The first-order valence-electron chi connectivity index (χ1n) is 5.52. The third-order valence-corrected chi connectivity index (χ3v) is 3.30. The van der Waals surface area contributed by atoms with Gasteiger partial charge in [0.05, 0.1) is 10.7 Å². The number of primary amides is 1. The zero-order valence-corrected chi connectivity index (χ0v) is 9.76. The van der Waals surface area contributed by atoms with E-state index in [9.17, 15) is 4.79 Å². The Kier molecular flexibility index (Phi) is 3.34. The summed E-state index contributed by atoms with van der Waals surface area (Å²) in [6, 6.07) is 5.55. The lowest BCUT2D eigenvalue weighted by Crippen LogP contribution is -2.16. The first-order valence-corrected chi connectivity index (χ1v) is 5.90. The SMILES string of the molecule is NC(=O)c1ccc(Cl)c(NC2CCCC2)c1. The van der Waals surface area contributed by atoms with E-state index in [1.54, 1.807) is 18.2 Å². The number of benzene rings is 1. The molecule has 0 aromatic heterocycles. The fraction of sp³-hybridized carbons (Fsp3) is 0.417. The zero-order chi connectivity index (χ0) is 11.5. The Bertz CT molecular complexity index is 400. The summed E-state index contributed by atoms with van der Waals surface area (Å²) in [6.07, 6.45) is 4.84. The van der Waals surface area contributed by atoms with Crippen molar-refractivity contribution < 1.29 is 4.79 Å². The second-order valence-electron chi connectivity index (χ2n) is 4.18. The summed E-state index contributed by atoms with van der Waals surface area (Å²) >= 11 is 6.06. The topological polar surface area (TPSA) is 55.1 Å². The van der Waals surface area contributed by atoms with Crippen molar-refractivity contribution in [2.24, 2.45) is 5.73 Å². The Labute approximate surface area is 100.0 Å². The number of nitrogens with one attached hydrogen (secondary N) is 1. The van der Waals surface area contributed by atoms with Crippen LogP contribution in [0.5, 0.6) is 0 Å². The van der Waals surface area contributed by atoms with Crippen LogP contribution in [0.4, 0.5) is 5.69 Å². The van der Waals surface area contributed by atoms with Gasteiger partial charge < -0.3 is 11.1 Å². The van der Waals surface area contributed by atoms with Gasteiger partial charge in [0.1, 0.15) is 0 Å². The van der Waals surface area contributed by atoms with Crippen molar-refractivity contribution in [3.05, 3.63) is 28.8 Å². The summed E-state index contributed by atoms with van der Waals surface area (Å²) in [5.74, 6) is -0.425. The molecule has 2 rings (SSSR count). The highest BCUT2D eigenvalue weighted by Crippen LogP contribution is 2.28. The van der Waals surface area contributed by atoms with Gasteiger partial charge in [-0.15, -0.1) is 0 Å². The normalized spacial score (nSPS) is 16.3. The molecule has 3 nitrogen and oxygen atoms in total. The van der Waals surface area contributed by atoms with Gasteiger partial charge in [0.15, 0.2) is 0 Å². The van der Waals surface area contributed by atoms with Crippen molar-refractivity contribution in [3.8, 4) is 0 Å². The van der Waals surface area contributed by atoms with E-state index in [0.717, 1.165) is 18.5 Å². The molecule has 1 saturated carbocycles. The molecule has 0 unspecified atom stereocenters. The minimum absolute atomic E-state index is 0.425. The maximum absolute atomic E-state index is 11.1.